The molecule has 1 N–H and O–H groups in total. The molecule has 1 aliphatic heterocycles. The molecule has 1 amide bonds. The molecule has 0 aliphatic carbocycles. The number of rotatable bonds is 5. The molecule has 2 heterocycles. The number of H-pyrrole nitrogens is 1. The van der Waals surface area contributed by atoms with E-state index in [1.165, 1.54) is 6.42 Å². The van der Waals surface area contributed by atoms with E-state index in [4.69, 9.17) is 23.2 Å². The molecule has 7 heteroatoms. The van der Waals surface area contributed by atoms with Crippen LogP contribution in [-0.4, -0.2) is 34.0 Å². The number of hydrogen-bond acceptors (Lipinski definition) is 3. The number of nitrogens with zero attached hydrogens (tertiary/aromatic N) is 3. The average Bonchev–Trinajstić information content (AvgIpc) is 3.21. The number of aromatic nitrogens is 2. The standard InChI is InChI=1S/C23H24Cl2N4O/c1-2-20-21(27-22(26-20)18-15-16(24)11-12-19(18)25)23(30)29(17-9-5-3-6-10-17)28-13-7-4-8-14-28/h3,5-6,9-12,15H,2,4,7-8,13-14H2,1H3,(H,26,27). The SMILES string of the molecule is CCc1[nH]c(-c2cc(Cl)ccc2Cl)nc1C(=O)N(c1ccccc1)N1CCCCC1. The molecule has 0 spiro atoms. The molecule has 5 nitrogen and oxygen atoms in total. The molecule has 0 unspecified atom stereocenters. The fourth-order valence-electron chi connectivity index (χ4n) is 3.80. The van der Waals surface area contributed by atoms with Crippen molar-refractivity contribution in [2.45, 2.75) is 32.6 Å². The predicted octanol–water partition coefficient (Wildman–Crippen LogP) is 5.99. The highest BCUT2D eigenvalue weighted by Gasteiger charge is 2.29. The highest BCUT2D eigenvalue weighted by Crippen LogP contribution is 2.31. The van der Waals surface area contributed by atoms with E-state index in [2.05, 4.69) is 15.0 Å². The summed E-state index contributed by atoms with van der Waals surface area (Å²) in [6.45, 7) is 3.69. The number of imidazole rings is 1. The van der Waals surface area contributed by atoms with Crippen molar-refractivity contribution < 1.29 is 4.79 Å². The number of halogens is 2. The van der Waals surface area contributed by atoms with Crippen molar-refractivity contribution in [1.82, 2.24) is 15.0 Å². The molecular weight excluding hydrogens is 419 g/mol. The molecule has 0 bridgehead atoms. The number of anilines is 1. The third kappa shape index (κ3) is 4.24. The van der Waals surface area contributed by atoms with Crippen LogP contribution < -0.4 is 5.01 Å². The summed E-state index contributed by atoms with van der Waals surface area (Å²) in [6, 6.07) is 15.0. The number of hydrazine groups is 1. The molecule has 1 aliphatic rings. The number of nitrogens with one attached hydrogen (secondary N) is 1. The molecule has 1 saturated heterocycles. The largest absolute Gasteiger partial charge is 0.341 e. The van der Waals surface area contributed by atoms with E-state index in [1.807, 2.05) is 37.3 Å². The first-order chi connectivity index (χ1) is 14.6. The minimum atomic E-state index is -0.138. The van der Waals surface area contributed by atoms with Crippen LogP contribution >= 0.6 is 23.2 Å². The van der Waals surface area contributed by atoms with Gasteiger partial charge in [-0.15, -0.1) is 0 Å². The first-order valence-corrected chi connectivity index (χ1v) is 11.0. The highest BCUT2D eigenvalue weighted by atomic mass is 35.5. The maximum absolute atomic E-state index is 13.8. The van der Waals surface area contributed by atoms with E-state index < -0.39 is 0 Å². The van der Waals surface area contributed by atoms with Gasteiger partial charge in [0.2, 0.25) is 0 Å². The molecule has 0 radical (unpaired) electrons. The molecule has 2 aromatic carbocycles. The van der Waals surface area contributed by atoms with Gasteiger partial charge in [0.05, 0.1) is 10.7 Å². The third-order valence-corrected chi connectivity index (χ3v) is 5.89. The lowest BCUT2D eigenvalue weighted by atomic mass is 10.1. The van der Waals surface area contributed by atoms with Gasteiger partial charge in [-0.05, 0) is 49.6 Å². The average molecular weight is 443 g/mol. The first kappa shape index (κ1) is 20.9. The van der Waals surface area contributed by atoms with E-state index in [-0.39, 0.29) is 5.91 Å². The summed E-state index contributed by atoms with van der Waals surface area (Å²) in [5, 5.41) is 5.00. The summed E-state index contributed by atoms with van der Waals surface area (Å²) in [5.74, 6) is 0.412. The Balaban J connectivity index is 1.76. The second-order valence-electron chi connectivity index (χ2n) is 7.36. The Hall–Kier alpha value is -2.34. The Labute approximate surface area is 186 Å². The van der Waals surface area contributed by atoms with Crippen LogP contribution in [0.1, 0.15) is 42.4 Å². The first-order valence-electron chi connectivity index (χ1n) is 10.3. The van der Waals surface area contributed by atoms with Gasteiger partial charge in [0.25, 0.3) is 5.91 Å². The van der Waals surface area contributed by atoms with Crippen LogP contribution in [0.25, 0.3) is 11.4 Å². The molecule has 30 heavy (non-hydrogen) atoms. The summed E-state index contributed by atoms with van der Waals surface area (Å²) in [4.78, 5) is 21.7. The molecule has 0 saturated carbocycles. The third-order valence-electron chi connectivity index (χ3n) is 5.33. The maximum Gasteiger partial charge on any atom is 0.293 e. The highest BCUT2D eigenvalue weighted by molar-refractivity contribution is 6.35. The summed E-state index contributed by atoms with van der Waals surface area (Å²) >= 11 is 12.5. The monoisotopic (exact) mass is 442 g/mol. The number of aromatic amines is 1. The Morgan fingerprint density at radius 1 is 1.10 bits per heavy atom. The Kier molecular flexibility index (Phi) is 6.42. The van der Waals surface area contributed by atoms with Gasteiger partial charge < -0.3 is 4.98 Å². The lowest BCUT2D eigenvalue weighted by Crippen LogP contribution is -2.49. The predicted molar refractivity (Wildman–Crippen MR) is 122 cm³/mol. The number of amides is 1. The smallest absolute Gasteiger partial charge is 0.293 e. The second-order valence-corrected chi connectivity index (χ2v) is 8.20. The minimum Gasteiger partial charge on any atom is -0.341 e. The summed E-state index contributed by atoms with van der Waals surface area (Å²) in [6.07, 6.45) is 3.98. The normalized spacial score (nSPS) is 14.6. The molecule has 156 valence electrons. The quantitative estimate of drug-likeness (QED) is 0.527. The topological polar surface area (TPSA) is 52.2 Å². The van der Waals surface area contributed by atoms with Crippen LogP contribution in [0.3, 0.4) is 0 Å². The van der Waals surface area contributed by atoms with Gasteiger partial charge in [0.1, 0.15) is 5.82 Å². The zero-order valence-electron chi connectivity index (χ0n) is 16.9. The van der Waals surface area contributed by atoms with Crippen LogP contribution in [0, 0.1) is 0 Å². The van der Waals surface area contributed by atoms with Gasteiger partial charge >= 0.3 is 0 Å². The number of benzene rings is 2. The number of aryl methyl sites for hydroxylation is 1. The van der Waals surface area contributed by atoms with Gasteiger partial charge in [-0.3, -0.25) is 4.79 Å². The van der Waals surface area contributed by atoms with Gasteiger partial charge in [-0.1, -0.05) is 54.7 Å². The van der Waals surface area contributed by atoms with Gasteiger partial charge in [0, 0.05) is 29.4 Å². The Bertz CT molecular complexity index is 1030. The number of para-hydroxylation sites is 1. The summed E-state index contributed by atoms with van der Waals surface area (Å²) in [7, 11) is 0. The van der Waals surface area contributed by atoms with E-state index in [0.29, 0.717) is 33.5 Å². The van der Waals surface area contributed by atoms with E-state index >= 15 is 0 Å². The van der Waals surface area contributed by atoms with Crippen molar-refractivity contribution in [3.05, 3.63) is 70.0 Å². The fourth-order valence-corrected chi connectivity index (χ4v) is 4.18. The number of piperidine rings is 1. The van der Waals surface area contributed by atoms with Gasteiger partial charge in [-0.25, -0.2) is 15.0 Å². The van der Waals surface area contributed by atoms with Crippen molar-refractivity contribution in [3.8, 4) is 11.4 Å². The van der Waals surface area contributed by atoms with E-state index in [9.17, 15) is 4.79 Å². The zero-order chi connectivity index (χ0) is 21.1. The van der Waals surface area contributed by atoms with Crippen LogP contribution in [0.4, 0.5) is 5.69 Å². The number of carbonyl (C=O) groups excluding carboxylic acids is 1. The van der Waals surface area contributed by atoms with Crippen molar-refractivity contribution in [2.75, 3.05) is 18.1 Å². The van der Waals surface area contributed by atoms with Crippen molar-refractivity contribution >= 4 is 34.8 Å². The van der Waals surface area contributed by atoms with E-state index in [0.717, 1.165) is 37.3 Å². The van der Waals surface area contributed by atoms with Crippen LogP contribution in [0.5, 0.6) is 0 Å². The van der Waals surface area contributed by atoms with Crippen molar-refractivity contribution in [2.24, 2.45) is 0 Å². The van der Waals surface area contributed by atoms with Crippen molar-refractivity contribution in [1.29, 1.82) is 0 Å². The lowest BCUT2D eigenvalue weighted by Gasteiger charge is -2.37. The Morgan fingerprint density at radius 3 is 2.53 bits per heavy atom. The molecule has 4 rings (SSSR count). The summed E-state index contributed by atoms with van der Waals surface area (Å²) in [5.41, 5.74) is 2.72. The fraction of sp³-hybridized carbons (Fsp3) is 0.304. The van der Waals surface area contributed by atoms with Gasteiger partial charge in [-0.2, -0.15) is 0 Å². The molecular formula is C23H24Cl2N4O. The minimum absolute atomic E-state index is 0.138. The maximum atomic E-state index is 13.8. The second kappa shape index (κ2) is 9.21. The number of carbonyl (C=O) groups is 1. The molecule has 0 atom stereocenters. The zero-order valence-corrected chi connectivity index (χ0v) is 18.4. The Morgan fingerprint density at radius 2 is 1.83 bits per heavy atom. The molecule has 1 aromatic heterocycles. The molecule has 1 fully saturated rings. The molecule has 3 aromatic rings. The number of hydrogen-bond donors (Lipinski definition) is 1. The van der Waals surface area contributed by atoms with Crippen LogP contribution in [-0.2, 0) is 6.42 Å². The summed E-state index contributed by atoms with van der Waals surface area (Å²) < 4.78 is 0. The van der Waals surface area contributed by atoms with Crippen LogP contribution in [0.15, 0.2) is 48.5 Å². The van der Waals surface area contributed by atoms with Crippen molar-refractivity contribution in [3.63, 3.8) is 0 Å². The van der Waals surface area contributed by atoms with Crippen LogP contribution in [0.2, 0.25) is 10.0 Å². The van der Waals surface area contributed by atoms with E-state index in [1.54, 1.807) is 23.2 Å². The lowest BCUT2D eigenvalue weighted by molar-refractivity contribution is 0.0867. The van der Waals surface area contributed by atoms with Gasteiger partial charge in [0.15, 0.2) is 5.69 Å².